The van der Waals surface area contributed by atoms with Crippen LogP contribution in [-0.2, 0) is 9.59 Å². The van der Waals surface area contributed by atoms with Gasteiger partial charge in [0, 0.05) is 26.2 Å². The average molecular weight is 347 g/mol. The average Bonchev–Trinajstić information content (AvgIpc) is 3.10. The van der Waals surface area contributed by atoms with E-state index in [9.17, 15) is 19.5 Å². The van der Waals surface area contributed by atoms with Crippen molar-refractivity contribution in [1.82, 2.24) is 15.0 Å². The Morgan fingerprint density at radius 2 is 2.04 bits per heavy atom. The second kappa shape index (κ2) is 5.31. The number of aliphatic carboxylic acids is 1. The molecule has 3 fully saturated rings. The second-order valence-corrected chi connectivity index (χ2v) is 7.56. The van der Waals surface area contributed by atoms with Crippen LogP contribution in [0.3, 0.4) is 0 Å². The lowest BCUT2D eigenvalue weighted by Crippen LogP contribution is -2.42. The number of fused-ring (bicyclic) bond motifs is 1. The maximum absolute atomic E-state index is 12.8. The molecule has 0 aromatic carbocycles. The first-order chi connectivity index (χ1) is 11.8. The lowest BCUT2D eigenvalue weighted by atomic mass is 9.81. The first-order valence-electron chi connectivity index (χ1n) is 8.58. The standard InChI is InChI=1S/C17H21N3O5/c1-9-13(10(2)25-18-9)15(22)20-6-12-14(21)19(5-11-3-4-11)7-17(12,8-20)16(23)24/h11-12H,3-8H2,1-2H3,(H,23,24)/t12-,17+/m1/s1. The van der Waals surface area contributed by atoms with Crippen LogP contribution < -0.4 is 0 Å². The van der Waals surface area contributed by atoms with Crippen LogP contribution in [0.25, 0.3) is 0 Å². The van der Waals surface area contributed by atoms with Crippen molar-refractivity contribution >= 4 is 17.8 Å². The summed E-state index contributed by atoms with van der Waals surface area (Å²) in [6.45, 7) is 4.34. The van der Waals surface area contributed by atoms with E-state index in [-0.39, 0.29) is 31.4 Å². The van der Waals surface area contributed by atoms with Gasteiger partial charge in [0.25, 0.3) is 5.91 Å². The third-order valence-electron chi connectivity index (χ3n) is 5.76. The van der Waals surface area contributed by atoms with Crippen molar-refractivity contribution < 1.29 is 24.0 Å². The predicted molar refractivity (Wildman–Crippen MR) is 84.7 cm³/mol. The molecule has 2 atom stereocenters. The quantitative estimate of drug-likeness (QED) is 0.859. The molecule has 8 heteroatoms. The van der Waals surface area contributed by atoms with E-state index in [0.717, 1.165) is 12.8 Å². The minimum absolute atomic E-state index is 0.0444. The number of carboxylic acids is 1. The monoisotopic (exact) mass is 347 g/mol. The van der Waals surface area contributed by atoms with Crippen molar-refractivity contribution in [1.29, 1.82) is 0 Å². The van der Waals surface area contributed by atoms with Crippen LogP contribution in [0.2, 0.25) is 0 Å². The molecule has 1 saturated carbocycles. The van der Waals surface area contributed by atoms with Gasteiger partial charge in [-0.2, -0.15) is 0 Å². The Bertz CT molecular complexity index is 749. The molecular formula is C17H21N3O5. The predicted octanol–water partition coefficient (Wildman–Crippen LogP) is 0.687. The molecule has 0 unspecified atom stereocenters. The molecule has 134 valence electrons. The fourth-order valence-corrected chi connectivity index (χ4v) is 4.18. The molecular weight excluding hydrogens is 326 g/mol. The first kappa shape index (κ1) is 16.1. The highest BCUT2D eigenvalue weighted by atomic mass is 16.5. The van der Waals surface area contributed by atoms with Gasteiger partial charge in [0.05, 0.1) is 11.6 Å². The summed E-state index contributed by atoms with van der Waals surface area (Å²) in [5, 5.41) is 13.6. The molecule has 8 nitrogen and oxygen atoms in total. The van der Waals surface area contributed by atoms with Crippen LogP contribution in [-0.4, -0.2) is 64.0 Å². The third-order valence-corrected chi connectivity index (χ3v) is 5.76. The van der Waals surface area contributed by atoms with Crippen molar-refractivity contribution in [3.8, 4) is 0 Å². The number of amides is 2. The molecule has 0 spiro atoms. The number of carbonyl (C=O) groups is 3. The molecule has 2 aliphatic heterocycles. The topological polar surface area (TPSA) is 104 Å². The van der Waals surface area contributed by atoms with E-state index in [1.807, 2.05) is 0 Å². The van der Waals surface area contributed by atoms with Gasteiger partial charge >= 0.3 is 5.97 Å². The minimum atomic E-state index is -1.21. The number of rotatable bonds is 4. The number of carboxylic acid groups (broad SMARTS) is 1. The largest absolute Gasteiger partial charge is 0.481 e. The van der Waals surface area contributed by atoms with Gasteiger partial charge in [-0.25, -0.2) is 0 Å². The van der Waals surface area contributed by atoms with E-state index in [1.165, 1.54) is 4.90 Å². The Balaban J connectivity index is 1.59. The molecule has 3 heterocycles. The van der Waals surface area contributed by atoms with Crippen LogP contribution in [0.5, 0.6) is 0 Å². The molecule has 0 bridgehead atoms. The molecule has 25 heavy (non-hydrogen) atoms. The molecule has 0 radical (unpaired) electrons. The molecule has 1 aromatic rings. The van der Waals surface area contributed by atoms with Gasteiger partial charge < -0.3 is 19.4 Å². The highest BCUT2D eigenvalue weighted by molar-refractivity contribution is 5.99. The summed E-state index contributed by atoms with van der Waals surface area (Å²) >= 11 is 0. The van der Waals surface area contributed by atoms with E-state index in [1.54, 1.807) is 18.7 Å². The van der Waals surface area contributed by atoms with Gasteiger partial charge in [-0.3, -0.25) is 14.4 Å². The van der Waals surface area contributed by atoms with E-state index in [2.05, 4.69) is 5.16 Å². The molecule has 2 saturated heterocycles. The summed E-state index contributed by atoms with van der Waals surface area (Å²) in [6.07, 6.45) is 2.20. The molecule has 1 aliphatic carbocycles. The Morgan fingerprint density at radius 3 is 2.56 bits per heavy atom. The Kier molecular flexibility index (Phi) is 3.42. The lowest BCUT2D eigenvalue weighted by Gasteiger charge is -2.25. The molecule has 4 rings (SSSR count). The van der Waals surface area contributed by atoms with E-state index >= 15 is 0 Å². The summed E-state index contributed by atoms with van der Waals surface area (Å²) < 4.78 is 5.04. The van der Waals surface area contributed by atoms with Crippen LogP contribution in [0.15, 0.2) is 4.52 Å². The fourth-order valence-electron chi connectivity index (χ4n) is 4.18. The maximum atomic E-state index is 12.8. The van der Waals surface area contributed by atoms with Crippen molar-refractivity contribution in [2.75, 3.05) is 26.2 Å². The zero-order chi connectivity index (χ0) is 17.9. The van der Waals surface area contributed by atoms with E-state index < -0.39 is 17.3 Å². The van der Waals surface area contributed by atoms with E-state index in [0.29, 0.717) is 29.5 Å². The van der Waals surface area contributed by atoms with Gasteiger partial charge in [0.2, 0.25) is 5.91 Å². The van der Waals surface area contributed by atoms with Crippen molar-refractivity contribution in [3.63, 3.8) is 0 Å². The second-order valence-electron chi connectivity index (χ2n) is 7.56. The minimum Gasteiger partial charge on any atom is -0.481 e. The van der Waals surface area contributed by atoms with Gasteiger partial charge in [0.1, 0.15) is 16.7 Å². The van der Waals surface area contributed by atoms with Gasteiger partial charge in [-0.05, 0) is 32.6 Å². The molecule has 2 amide bonds. The van der Waals surface area contributed by atoms with Crippen LogP contribution in [0.1, 0.15) is 34.7 Å². The zero-order valence-electron chi connectivity index (χ0n) is 14.3. The van der Waals surface area contributed by atoms with Crippen LogP contribution in [0, 0.1) is 31.1 Å². The van der Waals surface area contributed by atoms with Crippen molar-refractivity contribution in [2.24, 2.45) is 17.3 Å². The number of nitrogens with zero attached hydrogens (tertiary/aromatic N) is 3. The van der Waals surface area contributed by atoms with Crippen LogP contribution in [0.4, 0.5) is 0 Å². The SMILES string of the molecule is Cc1noc(C)c1C(=O)N1C[C@@H]2C(=O)N(CC3CC3)C[C@]2(C(=O)O)C1. The first-order valence-corrected chi connectivity index (χ1v) is 8.58. The highest BCUT2D eigenvalue weighted by Crippen LogP contribution is 2.45. The van der Waals surface area contributed by atoms with Crippen molar-refractivity contribution in [3.05, 3.63) is 17.0 Å². The van der Waals surface area contributed by atoms with E-state index in [4.69, 9.17) is 4.52 Å². The summed E-state index contributed by atoms with van der Waals surface area (Å²) in [5.41, 5.74) is -0.367. The third kappa shape index (κ3) is 2.34. The molecule has 3 aliphatic rings. The number of carbonyl (C=O) groups excluding carboxylic acids is 2. The zero-order valence-corrected chi connectivity index (χ0v) is 14.3. The summed E-state index contributed by atoms with van der Waals surface area (Å²) in [5.74, 6) is -1.21. The lowest BCUT2D eigenvalue weighted by molar-refractivity contribution is -0.149. The number of hydrogen-bond acceptors (Lipinski definition) is 5. The summed E-state index contributed by atoms with van der Waals surface area (Å²) in [6, 6.07) is 0. The summed E-state index contributed by atoms with van der Waals surface area (Å²) in [7, 11) is 0. The smallest absolute Gasteiger partial charge is 0.314 e. The summed E-state index contributed by atoms with van der Waals surface area (Å²) in [4.78, 5) is 40.8. The van der Waals surface area contributed by atoms with Gasteiger partial charge in [-0.1, -0.05) is 5.16 Å². The Labute approximate surface area is 144 Å². The number of aromatic nitrogens is 1. The number of hydrogen-bond donors (Lipinski definition) is 1. The highest BCUT2D eigenvalue weighted by Gasteiger charge is 2.63. The Hall–Kier alpha value is -2.38. The molecule has 1 aromatic heterocycles. The van der Waals surface area contributed by atoms with Gasteiger partial charge in [0.15, 0.2) is 0 Å². The normalized spacial score (nSPS) is 28.6. The number of aryl methyl sites for hydroxylation is 2. The fraction of sp³-hybridized carbons (Fsp3) is 0.647. The van der Waals surface area contributed by atoms with Crippen molar-refractivity contribution in [2.45, 2.75) is 26.7 Å². The maximum Gasteiger partial charge on any atom is 0.314 e. The van der Waals surface area contributed by atoms with Gasteiger partial charge in [-0.15, -0.1) is 0 Å². The number of likely N-dealkylation sites (tertiary alicyclic amines) is 2. The Morgan fingerprint density at radius 1 is 1.32 bits per heavy atom. The molecule has 1 N–H and O–H groups in total. The van der Waals surface area contributed by atoms with Crippen LogP contribution >= 0.6 is 0 Å².